The summed E-state index contributed by atoms with van der Waals surface area (Å²) in [6, 6.07) is 2.06. The number of rotatable bonds is 5. The van der Waals surface area contributed by atoms with Gasteiger partial charge in [0.15, 0.2) is 0 Å². The maximum atomic E-state index is 12.7. The number of ether oxygens (including phenoxy) is 1. The van der Waals surface area contributed by atoms with Gasteiger partial charge in [0.25, 0.3) is 0 Å². The lowest BCUT2D eigenvalue weighted by molar-refractivity contribution is -0.133. The first-order chi connectivity index (χ1) is 14.0. The average molecular weight is 395 g/mol. The molecule has 0 radical (unpaired) electrons. The van der Waals surface area contributed by atoms with E-state index in [0.717, 1.165) is 55.5 Å². The Bertz CT molecular complexity index is 902. The van der Waals surface area contributed by atoms with Crippen molar-refractivity contribution in [3.05, 3.63) is 53.3 Å². The standard InChI is InChI=1S/C23H30N4O2/c1-17-13-18(2)27(24-17)9-4-22(28)26-10-6-23(7-11-26)14-20(23)15-25-8-3-19-5-12-29-21(19)16-25/h3,5,8,13,16,20H,4,6-7,9-12,14-15H2,1-2H3. The number of aryl methyl sites for hydroxylation is 3. The molecule has 1 atom stereocenters. The van der Waals surface area contributed by atoms with Crippen molar-refractivity contribution in [2.24, 2.45) is 11.3 Å². The summed E-state index contributed by atoms with van der Waals surface area (Å²) in [5.74, 6) is 2.00. The minimum Gasteiger partial charge on any atom is -0.487 e. The zero-order valence-corrected chi connectivity index (χ0v) is 17.4. The molecule has 4 heterocycles. The van der Waals surface area contributed by atoms with Gasteiger partial charge in [0.05, 0.1) is 5.69 Å². The first kappa shape index (κ1) is 18.5. The molecule has 1 unspecified atom stereocenters. The van der Waals surface area contributed by atoms with Crippen molar-refractivity contribution in [2.45, 2.75) is 46.1 Å². The lowest BCUT2D eigenvalue weighted by Crippen LogP contribution is -2.40. The summed E-state index contributed by atoms with van der Waals surface area (Å²) in [5, 5.41) is 4.46. The Morgan fingerprint density at radius 2 is 2.14 bits per heavy atom. The van der Waals surface area contributed by atoms with Crippen molar-refractivity contribution in [3.8, 4) is 0 Å². The number of hydrogen-bond acceptors (Lipinski definition) is 4. The number of fused-ring (bicyclic) bond motifs is 1. The van der Waals surface area contributed by atoms with Crippen LogP contribution in [0.4, 0.5) is 0 Å². The van der Waals surface area contributed by atoms with E-state index in [1.54, 1.807) is 0 Å². The number of hydrogen-bond donors (Lipinski definition) is 0. The third kappa shape index (κ3) is 3.61. The van der Waals surface area contributed by atoms with Gasteiger partial charge in [0.2, 0.25) is 5.91 Å². The van der Waals surface area contributed by atoms with Crippen molar-refractivity contribution in [1.82, 2.24) is 19.6 Å². The molecule has 29 heavy (non-hydrogen) atoms. The van der Waals surface area contributed by atoms with Gasteiger partial charge in [-0.25, -0.2) is 0 Å². The number of carbonyl (C=O) groups excluding carboxylic acids is 1. The van der Waals surface area contributed by atoms with Crippen LogP contribution in [0.2, 0.25) is 0 Å². The molecular weight excluding hydrogens is 364 g/mol. The van der Waals surface area contributed by atoms with Gasteiger partial charge in [0, 0.05) is 56.3 Å². The molecule has 1 aromatic heterocycles. The number of carbonyl (C=O) groups is 1. The van der Waals surface area contributed by atoms with Gasteiger partial charge in [0.1, 0.15) is 12.4 Å². The summed E-state index contributed by atoms with van der Waals surface area (Å²) in [7, 11) is 0. The number of likely N-dealkylation sites (tertiary alicyclic amines) is 1. The Labute approximate surface area is 172 Å². The van der Waals surface area contributed by atoms with Crippen molar-refractivity contribution < 1.29 is 9.53 Å². The molecule has 154 valence electrons. The first-order valence-electron chi connectivity index (χ1n) is 10.8. The Morgan fingerprint density at radius 3 is 2.90 bits per heavy atom. The average Bonchev–Trinajstić information content (AvgIpc) is 3.03. The highest BCUT2D eigenvalue weighted by Gasteiger charge is 2.55. The molecule has 6 heteroatoms. The molecule has 0 aromatic carbocycles. The second-order valence-electron chi connectivity index (χ2n) is 9.02. The van der Waals surface area contributed by atoms with Crippen molar-refractivity contribution >= 4 is 5.91 Å². The van der Waals surface area contributed by atoms with E-state index in [1.807, 2.05) is 18.5 Å². The summed E-state index contributed by atoms with van der Waals surface area (Å²) in [5.41, 5.74) is 3.80. The van der Waals surface area contributed by atoms with Crippen molar-refractivity contribution in [3.63, 3.8) is 0 Å². The van der Waals surface area contributed by atoms with Crippen LogP contribution in [0, 0.1) is 25.2 Å². The van der Waals surface area contributed by atoms with E-state index in [0.29, 0.717) is 25.0 Å². The molecule has 2 fully saturated rings. The fourth-order valence-electron chi connectivity index (χ4n) is 5.17. The molecule has 1 saturated carbocycles. The maximum absolute atomic E-state index is 12.7. The van der Waals surface area contributed by atoms with E-state index in [1.165, 1.54) is 12.0 Å². The van der Waals surface area contributed by atoms with Gasteiger partial charge in [-0.2, -0.15) is 5.10 Å². The normalized spacial score (nSPS) is 24.3. The second kappa shape index (κ2) is 7.08. The van der Waals surface area contributed by atoms with Crippen LogP contribution in [-0.2, 0) is 16.1 Å². The molecule has 1 aliphatic carbocycles. The maximum Gasteiger partial charge on any atom is 0.224 e. The Morgan fingerprint density at radius 1 is 1.31 bits per heavy atom. The SMILES string of the molecule is Cc1cc(C)n(CCC(=O)N2CCC3(CC2)CC3CN2C=CC3=CCOC3=C2)n1. The van der Waals surface area contributed by atoms with Crippen LogP contribution in [0.5, 0.6) is 0 Å². The number of aromatic nitrogens is 2. The van der Waals surface area contributed by atoms with Gasteiger partial charge < -0.3 is 14.5 Å². The lowest BCUT2D eigenvalue weighted by atomic mass is 9.90. The predicted molar refractivity (Wildman–Crippen MR) is 111 cm³/mol. The van der Waals surface area contributed by atoms with E-state index in [-0.39, 0.29) is 5.91 Å². The van der Waals surface area contributed by atoms with Gasteiger partial charge >= 0.3 is 0 Å². The third-order valence-corrected chi connectivity index (χ3v) is 7.10. The van der Waals surface area contributed by atoms with Crippen LogP contribution in [0.15, 0.2) is 42.0 Å². The van der Waals surface area contributed by atoms with Gasteiger partial charge in [-0.3, -0.25) is 9.48 Å². The van der Waals surface area contributed by atoms with Crippen LogP contribution in [0.1, 0.15) is 37.1 Å². The minimum atomic E-state index is 0.269. The zero-order chi connectivity index (χ0) is 20.0. The van der Waals surface area contributed by atoms with Crippen LogP contribution in [-0.4, -0.2) is 51.7 Å². The molecule has 0 bridgehead atoms. The Balaban J connectivity index is 1.09. The van der Waals surface area contributed by atoms with Crippen molar-refractivity contribution in [2.75, 3.05) is 26.2 Å². The summed E-state index contributed by atoms with van der Waals surface area (Å²) in [4.78, 5) is 17.0. The number of allylic oxidation sites excluding steroid dienone is 1. The molecule has 1 amide bonds. The molecule has 3 aliphatic heterocycles. The Kier molecular flexibility index (Phi) is 4.52. The third-order valence-electron chi connectivity index (χ3n) is 7.10. The van der Waals surface area contributed by atoms with Gasteiger partial charge in [-0.15, -0.1) is 0 Å². The molecule has 1 spiro atoms. The zero-order valence-electron chi connectivity index (χ0n) is 17.4. The summed E-state index contributed by atoms with van der Waals surface area (Å²) < 4.78 is 7.60. The highest BCUT2D eigenvalue weighted by atomic mass is 16.5. The van der Waals surface area contributed by atoms with Crippen LogP contribution in [0.3, 0.4) is 0 Å². The fourth-order valence-corrected chi connectivity index (χ4v) is 5.17. The smallest absolute Gasteiger partial charge is 0.224 e. The van der Waals surface area contributed by atoms with Gasteiger partial charge in [-0.05, 0) is 62.7 Å². The van der Waals surface area contributed by atoms with E-state index in [4.69, 9.17) is 4.74 Å². The summed E-state index contributed by atoms with van der Waals surface area (Å²) in [6.45, 7) is 8.27. The lowest BCUT2D eigenvalue weighted by Gasteiger charge is -2.33. The minimum absolute atomic E-state index is 0.269. The number of piperidine rings is 1. The van der Waals surface area contributed by atoms with Gasteiger partial charge in [-0.1, -0.05) is 0 Å². The van der Waals surface area contributed by atoms with E-state index < -0.39 is 0 Å². The van der Waals surface area contributed by atoms with Crippen LogP contribution >= 0.6 is 0 Å². The van der Waals surface area contributed by atoms with Crippen LogP contribution < -0.4 is 0 Å². The fraction of sp³-hybridized carbons (Fsp3) is 0.565. The summed E-state index contributed by atoms with van der Waals surface area (Å²) >= 11 is 0. The largest absolute Gasteiger partial charge is 0.487 e. The first-order valence-corrected chi connectivity index (χ1v) is 10.8. The quantitative estimate of drug-likeness (QED) is 0.770. The van der Waals surface area contributed by atoms with E-state index in [9.17, 15) is 4.79 Å². The molecule has 1 saturated heterocycles. The second-order valence-corrected chi connectivity index (χ2v) is 9.02. The van der Waals surface area contributed by atoms with E-state index in [2.05, 4.69) is 45.5 Å². The highest BCUT2D eigenvalue weighted by Crippen LogP contribution is 2.59. The molecule has 4 aliphatic rings. The Hall–Kier alpha value is -2.50. The summed E-state index contributed by atoms with van der Waals surface area (Å²) in [6.07, 6.45) is 12.7. The molecular formula is C23H30N4O2. The predicted octanol–water partition coefficient (Wildman–Crippen LogP) is 3.15. The highest BCUT2D eigenvalue weighted by molar-refractivity contribution is 5.76. The topological polar surface area (TPSA) is 50.6 Å². The molecule has 1 aromatic rings. The van der Waals surface area contributed by atoms with Crippen molar-refractivity contribution in [1.29, 1.82) is 0 Å². The van der Waals surface area contributed by atoms with Crippen LogP contribution in [0.25, 0.3) is 0 Å². The molecule has 6 nitrogen and oxygen atoms in total. The molecule has 5 rings (SSSR count). The molecule has 0 N–H and O–H groups in total. The van der Waals surface area contributed by atoms with E-state index >= 15 is 0 Å². The number of nitrogens with zero attached hydrogens (tertiary/aromatic N) is 4. The monoisotopic (exact) mass is 394 g/mol. The number of amides is 1.